The van der Waals surface area contributed by atoms with Crippen LogP contribution in [0.5, 0.6) is 0 Å². The lowest BCUT2D eigenvalue weighted by Crippen LogP contribution is -2.53. The van der Waals surface area contributed by atoms with Crippen LogP contribution in [0.3, 0.4) is 0 Å². The number of carbonyl (C=O) groups excluding carboxylic acids is 1. The van der Waals surface area contributed by atoms with Gasteiger partial charge in [0.05, 0.1) is 0 Å². The third kappa shape index (κ3) is 6.29. The summed E-state index contributed by atoms with van der Waals surface area (Å²) in [4.78, 5) is 38.7. The molecular weight excluding hydrogens is 558 g/mol. The number of piperidine rings is 1. The van der Waals surface area contributed by atoms with Crippen molar-refractivity contribution in [1.82, 2.24) is 34.9 Å². The molecule has 2 aliphatic rings. The molecular formula is C31H41N11O2. The smallest absolute Gasteiger partial charge is 0.256 e. The van der Waals surface area contributed by atoms with Gasteiger partial charge in [-0.3, -0.25) is 9.69 Å². The van der Waals surface area contributed by atoms with E-state index in [-0.39, 0.29) is 11.3 Å². The van der Waals surface area contributed by atoms with Crippen LogP contribution in [0.4, 0.5) is 29.1 Å². The summed E-state index contributed by atoms with van der Waals surface area (Å²) in [6.45, 7) is 13.9. The Bertz CT molecular complexity index is 1650. The van der Waals surface area contributed by atoms with Crippen LogP contribution in [0.15, 0.2) is 35.1 Å². The van der Waals surface area contributed by atoms with Crippen molar-refractivity contribution in [3.8, 4) is 0 Å². The molecule has 0 atom stereocenters. The van der Waals surface area contributed by atoms with Crippen LogP contribution in [0, 0.1) is 6.92 Å². The fourth-order valence-electron chi connectivity index (χ4n) is 5.74. The van der Waals surface area contributed by atoms with Gasteiger partial charge in [-0.05, 0) is 57.6 Å². The Morgan fingerprint density at radius 2 is 1.75 bits per heavy atom. The molecule has 1 amide bonds. The van der Waals surface area contributed by atoms with Crippen molar-refractivity contribution in [3.63, 3.8) is 0 Å². The Balaban J connectivity index is 1.20. The number of anilines is 5. The number of likely N-dealkylation sites (tertiary alicyclic amines) is 1. The van der Waals surface area contributed by atoms with Crippen molar-refractivity contribution in [2.24, 2.45) is 0 Å². The van der Waals surface area contributed by atoms with E-state index >= 15 is 0 Å². The lowest BCUT2D eigenvalue weighted by atomic mass is 9.93. The minimum atomic E-state index is -0.303. The van der Waals surface area contributed by atoms with Crippen molar-refractivity contribution in [2.75, 3.05) is 67.6 Å². The van der Waals surface area contributed by atoms with Gasteiger partial charge in [-0.1, -0.05) is 32.0 Å². The third-order valence-corrected chi connectivity index (χ3v) is 8.54. The number of rotatable bonds is 6. The number of amides is 1. The van der Waals surface area contributed by atoms with Crippen LogP contribution < -0.4 is 21.3 Å². The number of nitrogens with zero attached hydrogens (tertiary/aromatic N) is 8. The maximum atomic E-state index is 13.1. The Morgan fingerprint density at radius 1 is 1.00 bits per heavy atom. The number of aromatic nitrogens is 5. The third-order valence-electron chi connectivity index (χ3n) is 8.54. The molecule has 6 rings (SSSR count). The normalized spacial score (nSPS) is 17.2. The fourth-order valence-corrected chi connectivity index (χ4v) is 5.74. The van der Waals surface area contributed by atoms with Gasteiger partial charge in [-0.15, -0.1) is 0 Å². The first-order valence-electron chi connectivity index (χ1n) is 15.2. The van der Waals surface area contributed by atoms with Gasteiger partial charge in [0.1, 0.15) is 23.1 Å². The second-order valence-corrected chi connectivity index (χ2v) is 12.8. The molecule has 4 aromatic rings. The van der Waals surface area contributed by atoms with E-state index in [0.29, 0.717) is 57.5 Å². The molecule has 13 nitrogen and oxygen atoms in total. The summed E-state index contributed by atoms with van der Waals surface area (Å²) in [6, 6.07) is 7.80. The lowest BCUT2D eigenvalue weighted by Gasteiger charge is -2.42. The van der Waals surface area contributed by atoms with E-state index < -0.39 is 0 Å². The minimum Gasteiger partial charge on any atom is -0.382 e. The monoisotopic (exact) mass is 599 g/mol. The highest BCUT2D eigenvalue weighted by Crippen LogP contribution is 2.30. The van der Waals surface area contributed by atoms with Gasteiger partial charge in [-0.2, -0.15) is 4.98 Å². The molecule has 13 heteroatoms. The van der Waals surface area contributed by atoms with Crippen LogP contribution >= 0.6 is 0 Å². The molecule has 0 saturated carbocycles. The number of nitrogen functional groups attached to an aromatic ring is 1. The summed E-state index contributed by atoms with van der Waals surface area (Å²) in [6.07, 6.45) is 3.86. The average molecular weight is 600 g/mol. The fraction of sp³-hybridized carbons (Fsp3) is 0.484. The van der Waals surface area contributed by atoms with E-state index in [0.717, 1.165) is 44.8 Å². The zero-order valence-corrected chi connectivity index (χ0v) is 26.1. The van der Waals surface area contributed by atoms with E-state index in [1.54, 1.807) is 18.2 Å². The number of piperazine rings is 1. The van der Waals surface area contributed by atoms with Crippen LogP contribution in [0.25, 0.3) is 11.0 Å². The molecule has 0 aliphatic carbocycles. The second-order valence-electron chi connectivity index (χ2n) is 12.8. The van der Waals surface area contributed by atoms with Crippen LogP contribution in [-0.2, 0) is 5.41 Å². The maximum absolute atomic E-state index is 13.1. The Morgan fingerprint density at radius 3 is 2.45 bits per heavy atom. The number of benzene rings is 1. The van der Waals surface area contributed by atoms with Crippen LogP contribution in [-0.4, -0.2) is 93.2 Å². The molecule has 232 valence electrons. The molecule has 1 aromatic carbocycles. The van der Waals surface area contributed by atoms with Gasteiger partial charge in [0, 0.05) is 55.0 Å². The van der Waals surface area contributed by atoms with Crippen molar-refractivity contribution in [1.29, 1.82) is 0 Å². The van der Waals surface area contributed by atoms with E-state index in [1.807, 2.05) is 33.8 Å². The zero-order chi connectivity index (χ0) is 31.0. The van der Waals surface area contributed by atoms with Gasteiger partial charge < -0.3 is 30.7 Å². The topological polar surface area (TPSA) is 154 Å². The summed E-state index contributed by atoms with van der Waals surface area (Å²) < 4.78 is 5.41. The molecule has 44 heavy (non-hydrogen) atoms. The SMILES string of the molecule is Cc1ccc(C(=O)Nc2cc(C(C)(C)C)on2)cc1Nc1ncnc2c(N)nc(N3CCN(C4CCN(C)CC4)CC3)nc12. The van der Waals surface area contributed by atoms with Gasteiger partial charge >= 0.3 is 0 Å². The second kappa shape index (κ2) is 12.0. The number of hydrogen-bond acceptors (Lipinski definition) is 12. The summed E-state index contributed by atoms with van der Waals surface area (Å²) in [5, 5.41) is 10.2. The zero-order valence-electron chi connectivity index (χ0n) is 26.1. The van der Waals surface area contributed by atoms with E-state index in [1.165, 1.54) is 19.2 Å². The number of nitrogens with two attached hydrogens (primary N) is 1. The predicted molar refractivity (Wildman–Crippen MR) is 171 cm³/mol. The predicted octanol–water partition coefficient (Wildman–Crippen LogP) is 3.81. The molecule has 0 spiro atoms. The quantitative estimate of drug-likeness (QED) is 0.295. The van der Waals surface area contributed by atoms with Crippen molar-refractivity contribution >= 4 is 46.0 Å². The highest BCUT2D eigenvalue weighted by atomic mass is 16.5. The minimum absolute atomic E-state index is 0.217. The molecule has 4 N–H and O–H groups in total. The molecule has 2 fully saturated rings. The Kier molecular flexibility index (Phi) is 8.08. The molecule has 2 saturated heterocycles. The van der Waals surface area contributed by atoms with E-state index in [9.17, 15) is 4.79 Å². The first-order valence-corrected chi connectivity index (χ1v) is 15.2. The number of hydrogen-bond donors (Lipinski definition) is 3. The largest absolute Gasteiger partial charge is 0.382 e. The van der Waals surface area contributed by atoms with E-state index in [2.05, 4.69) is 52.5 Å². The summed E-state index contributed by atoms with van der Waals surface area (Å²) in [7, 11) is 2.19. The number of nitrogens with one attached hydrogen (secondary N) is 2. The van der Waals surface area contributed by atoms with Gasteiger partial charge in [0.15, 0.2) is 17.5 Å². The molecule has 2 aliphatic heterocycles. The van der Waals surface area contributed by atoms with Crippen molar-refractivity contribution in [2.45, 2.75) is 52.0 Å². The van der Waals surface area contributed by atoms with E-state index in [4.69, 9.17) is 15.2 Å². The standard InChI is InChI=1S/C31H41N11O2/c1-19-6-7-20(29(43)36-24-17-23(44-39-24)31(2,3)4)16-22(19)35-28-26-25(33-18-34-28)27(32)38-30(37-26)42-14-12-41(13-15-42)21-8-10-40(5)11-9-21/h6-7,16-18,21H,8-15H2,1-5H3,(H2,32,37,38)(H,33,34,35)(H,36,39,43). The molecule has 0 unspecified atom stereocenters. The summed E-state index contributed by atoms with van der Waals surface area (Å²) in [5.41, 5.74) is 9.27. The number of carbonyl (C=O) groups is 1. The molecule has 5 heterocycles. The number of aryl methyl sites for hydroxylation is 1. The van der Waals surface area contributed by atoms with Gasteiger partial charge in [-0.25, -0.2) is 15.0 Å². The summed E-state index contributed by atoms with van der Waals surface area (Å²) in [5.74, 6) is 2.12. The molecule has 3 aromatic heterocycles. The number of fused-ring (bicyclic) bond motifs is 1. The first kappa shape index (κ1) is 29.7. The van der Waals surface area contributed by atoms with Crippen molar-refractivity contribution < 1.29 is 9.32 Å². The highest BCUT2D eigenvalue weighted by Gasteiger charge is 2.28. The lowest BCUT2D eigenvalue weighted by molar-refractivity contribution is 0.102. The van der Waals surface area contributed by atoms with Gasteiger partial charge in [0.25, 0.3) is 5.91 Å². The molecule has 0 radical (unpaired) electrons. The van der Waals surface area contributed by atoms with Crippen LogP contribution in [0.1, 0.15) is 55.3 Å². The maximum Gasteiger partial charge on any atom is 0.256 e. The van der Waals surface area contributed by atoms with Gasteiger partial charge in [0.2, 0.25) is 5.95 Å². The van der Waals surface area contributed by atoms with Crippen molar-refractivity contribution in [3.05, 3.63) is 47.5 Å². The van der Waals surface area contributed by atoms with Crippen LogP contribution in [0.2, 0.25) is 0 Å². The summed E-state index contributed by atoms with van der Waals surface area (Å²) >= 11 is 0. The first-order chi connectivity index (χ1) is 21.0. The Labute approximate surface area is 257 Å². The highest BCUT2D eigenvalue weighted by molar-refractivity contribution is 6.04. The molecule has 0 bridgehead atoms. The Hall–Kier alpha value is -4.36. The average Bonchev–Trinajstić information content (AvgIpc) is 3.48.